The van der Waals surface area contributed by atoms with Crippen LogP contribution in [0.15, 0.2) is 24.3 Å². The van der Waals surface area contributed by atoms with Crippen molar-refractivity contribution in [3.8, 4) is 0 Å². The van der Waals surface area contributed by atoms with Crippen molar-refractivity contribution >= 4 is 17.6 Å². The zero-order chi connectivity index (χ0) is 21.8. The summed E-state index contributed by atoms with van der Waals surface area (Å²) < 4.78 is 0. The van der Waals surface area contributed by atoms with E-state index in [2.05, 4.69) is 50.0 Å². The number of benzene rings is 1. The number of likely N-dealkylation sites (tertiary alicyclic amines) is 1. The second kappa shape index (κ2) is 14.9. The molecule has 1 heterocycles. The molecule has 33 heavy (non-hydrogen) atoms. The third-order valence-corrected chi connectivity index (χ3v) is 6.83. The number of carboxylic acids is 1. The molecule has 1 aromatic rings. The van der Waals surface area contributed by atoms with Crippen LogP contribution in [0.5, 0.6) is 0 Å². The number of rotatable bonds is 9. The minimum Gasteiger partial charge on any atom is -0.481 e. The highest BCUT2D eigenvalue weighted by Gasteiger charge is 2.37. The molecule has 0 aromatic heterocycles. The molecule has 1 aliphatic rings. The Morgan fingerprint density at radius 1 is 1.21 bits per heavy atom. The highest BCUT2D eigenvalue weighted by molar-refractivity contribution is 6.30. The minimum absolute atomic E-state index is 0. The van der Waals surface area contributed by atoms with Gasteiger partial charge in [-0.15, -0.1) is 0 Å². The number of carboxylic acid groups (broad SMARTS) is 1. The summed E-state index contributed by atoms with van der Waals surface area (Å²) in [6, 6.07) is 8.70. The first kappa shape index (κ1) is 36.4. The smallest absolute Gasteiger partial charge is 0.309 e. The first-order valence-electron chi connectivity index (χ1n) is 10.9. The van der Waals surface area contributed by atoms with Crippen LogP contribution in [0.4, 0.5) is 0 Å². The van der Waals surface area contributed by atoms with Crippen molar-refractivity contribution in [3.05, 3.63) is 34.9 Å². The van der Waals surface area contributed by atoms with Crippen LogP contribution in [0, 0.1) is 16.7 Å². The molecule has 0 saturated carbocycles. The highest BCUT2D eigenvalue weighted by Crippen LogP contribution is 2.42. The number of piperidine rings is 1. The summed E-state index contributed by atoms with van der Waals surface area (Å²) in [5, 5.41) is 13.8. The van der Waals surface area contributed by atoms with Gasteiger partial charge in [-0.1, -0.05) is 58.9 Å². The zero-order valence-corrected chi connectivity index (χ0v) is 21.2. The van der Waals surface area contributed by atoms with Gasteiger partial charge in [0.2, 0.25) is 0 Å². The molecule has 1 fully saturated rings. The maximum atomic E-state index is 11.3. The van der Waals surface area contributed by atoms with Gasteiger partial charge < -0.3 is 31.8 Å². The van der Waals surface area contributed by atoms with Crippen LogP contribution in [0.2, 0.25) is 5.02 Å². The van der Waals surface area contributed by atoms with E-state index in [-0.39, 0.29) is 29.3 Å². The Labute approximate surface area is 205 Å². The van der Waals surface area contributed by atoms with E-state index in [0.717, 1.165) is 37.6 Å². The van der Waals surface area contributed by atoms with Crippen molar-refractivity contribution in [1.82, 2.24) is 10.2 Å². The van der Waals surface area contributed by atoms with E-state index in [0.29, 0.717) is 24.3 Å². The van der Waals surface area contributed by atoms with Gasteiger partial charge in [-0.05, 0) is 74.7 Å². The summed E-state index contributed by atoms with van der Waals surface area (Å²) in [6.07, 6.45) is 1.78. The van der Waals surface area contributed by atoms with Crippen molar-refractivity contribution in [2.45, 2.75) is 73.8 Å². The number of aliphatic carboxylic acids is 1. The molecule has 1 saturated heterocycles. The summed E-state index contributed by atoms with van der Waals surface area (Å²) in [5.41, 5.74) is 0.889. The molecule has 0 amide bonds. The van der Waals surface area contributed by atoms with Crippen LogP contribution in [-0.2, 0) is 4.79 Å². The number of carbonyl (C=O) groups is 1. The van der Waals surface area contributed by atoms with Crippen LogP contribution in [0.1, 0.15) is 73.3 Å². The second-order valence-corrected chi connectivity index (χ2v) is 10.8. The Bertz CT molecular complexity index is 680. The summed E-state index contributed by atoms with van der Waals surface area (Å²) >= 11 is 6.07. The van der Waals surface area contributed by atoms with E-state index in [1.54, 1.807) is 13.8 Å². The van der Waals surface area contributed by atoms with Gasteiger partial charge in [0.1, 0.15) is 0 Å². The van der Waals surface area contributed by atoms with E-state index in [1.807, 2.05) is 12.1 Å². The number of halogens is 1. The summed E-state index contributed by atoms with van der Waals surface area (Å²) in [4.78, 5) is 13.9. The van der Waals surface area contributed by atoms with E-state index < -0.39 is 11.4 Å². The lowest BCUT2D eigenvalue weighted by Crippen LogP contribution is -2.51. The predicted octanol–water partition coefficient (Wildman–Crippen LogP) is 3.43. The Balaban J connectivity index is -0.00000225. The van der Waals surface area contributed by atoms with Crippen LogP contribution < -0.4 is 5.32 Å². The molecule has 196 valence electrons. The molecular weight excluding hydrogens is 444 g/mol. The maximum absolute atomic E-state index is 11.3. The Kier molecular flexibility index (Phi) is 16.4. The normalized spacial score (nSPS) is 18.7. The topological polar surface area (TPSA) is 147 Å². The first-order chi connectivity index (χ1) is 13.4. The minimum atomic E-state index is -0.730. The molecule has 8 N–H and O–H groups in total. The molecule has 0 aliphatic carbocycles. The lowest BCUT2D eigenvalue weighted by molar-refractivity contribution is -0.147. The third kappa shape index (κ3) is 10.3. The van der Waals surface area contributed by atoms with Crippen molar-refractivity contribution in [3.63, 3.8) is 0 Å². The average Bonchev–Trinajstić information content (AvgIpc) is 2.61. The molecular formula is C25H49ClN2O5. The van der Waals surface area contributed by atoms with Crippen LogP contribution in [0.3, 0.4) is 0 Å². The van der Waals surface area contributed by atoms with Crippen LogP contribution >= 0.6 is 11.6 Å². The van der Waals surface area contributed by atoms with Gasteiger partial charge >= 0.3 is 5.97 Å². The van der Waals surface area contributed by atoms with Gasteiger partial charge in [-0.3, -0.25) is 4.79 Å². The van der Waals surface area contributed by atoms with E-state index >= 15 is 0 Å². The average molecular weight is 493 g/mol. The number of hydrogen-bond acceptors (Lipinski definition) is 3. The summed E-state index contributed by atoms with van der Waals surface area (Å²) in [6.45, 7) is 16.7. The molecule has 0 spiro atoms. The number of nitrogens with zero attached hydrogens (tertiary/aromatic N) is 1. The van der Waals surface area contributed by atoms with Crippen molar-refractivity contribution in [1.29, 1.82) is 0 Å². The van der Waals surface area contributed by atoms with Gasteiger partial charge in [-0.25, -0.2) is 0 Å². The quantitative estimate of drug-likeness (QED) is 0.543. The van der Waals surface area contributed by atoms with Crippen molar-refractivity contribution < 1.29 is 26.3 Å². The molecule has 0 bridgehead atoms. The molecule has 1 aromatic carbocycles. The lowest BCUT2D eigenvalue weighted by Gasteiger charge is -2.46. The van der Waals surface area contributed by atoms with Gasteiger partial charge in [0.05, 0.1) is 5.41 Å². The second-order valence-electron chi connectivity index (χ2n) is 10.4. The summed E-state index contributed by atoms with van der Waals surface area (Å²) in [5.74, 6) is 0.310. The number of hydrogen-bond donors (Lipinski definition) is 2. The van der Waals surface area contributed by atoms with E-state index in [4.69, 9.17) is 11.6 Å². The van der Waals surface area contributed by atoms with Crippen LogP contribution in [-0.4, -0.2) is 64.6 Å². The fourth-order valence-electron chi connectivity index (χ4n) is 4.40. The monoisotopic (exact) mass is 492 g/mol. The lowest BCUT2D eigenvalue weighted by atomic mass is 9.70. The van der Waals surface area contributed by atoms with Crippen molar-refractivity contribution in [2.75, 3.05) is 26.2 Å². The van der Waals surface area contributed by atoms with Gasteiger partial charge in [-0.2, -0.15) is 0 Å². The Hall–Kier alpha value is -1.22. The fraction of sp³-hybridized carbons (Fsp3) is 0.720. The summed E-state index contributed by atoms with van der Waals surface area (Å²) in [7, 11) is 0. The van der Waals surface area contributed by atoms with E-state index in [9.17, 15) is 9.90 Å². The SMILES string of the molecule is C.CC(C)[C@H](CN1CCC(c2ccc(Cl)cc2)C(C)(C)C1)NCCC(C)(C)C(=O)O.O.O.O. The standard InChI is InChI=1S/C24H39ClN2O2.CH4.3H2O/c1-17(2)21(26-13-12-23(3,4)22(28)29)15-27-14-11-20(24(5,6)16-27)18-7-9-19(25)10-8-18;;;;/h7-10,17,20-21,26H,11-16H2,1-6H3,(H,28,29);1H4;3*1H2/t20?,21-;;;;/m0..../s1. The highest BCUT2D eigenvalue weighted by atomic mass is 35.5. The molecule has 1 aliphatic heterocycles. The van der Waals surface area contributed by atoms with Gasteiger partial charge in [0, 0.05) is 24.2 Å². The molecule has 2 atom stereocenters. The zero-order valence-electron chi connectivity index (χ0n) is 20.5. The molecule has 7 nitrogen and oxygen atoms in total. The van der Waals surface area contributed by atoms with Gasteiger partial charge in [0.25, 0.3) is 0 Å². The van der Waals surface area contributed by atoms with Crippen LogP contribution in [0.25, 0.3) is 0 Å². The largest absolute Gasteiger partial charge is 0.481 e. The fourth-order valence-corrected chi connectivity index (χ4v) is 4.53. The number of nitrogens with one attached hydrogen (secondary N) is 1. The third-order valence-electron chi connectivity index (χ3n) is 6.58. The Morgan fingerprint density at radius 3 is 2.21 bits per heavy atom. The molecule has 8 heteroatoms. The first-order valence-corrected chi connectivity index (χ1v) is 11.2. The molecule has 0 radical (unpaired) electrons. The van der Waals surface area contributed by atoms with E-state index in [1.165, 1.54) is 5.56 Å². The maximum Gasteiger partial charge on any atom is 0.309 e. The molecule has 2 rings (SSSR count). The van der Waals surface area contributed by atoms with Gasteiger partial charge in [0.15, 0.2) is 0 Å². The van der Waals surface area contributed by atoms with Crippen molar-refractivity contribution in [2.24, 2.45) is 16.7 Å². The Morgan fingerprint density at radius 2 is 1.76 bits per heavy atom. The predicted molar refractivity (Wildman–Crippen MR) is 139 cm³/mol. The molecule has 1 unspecified atom stereocenters.